The fourth-order valence-electron chi connectivity index (χ4n) is 1.69. The summed E-state index contributed by atoms with van der Waals surface area (Å²) in [4.78, 5) is 11.0. The fraction of sp³-hybridized carbons (Fsp3) is 0.688. The lowest BCUT2D eigenvalue weighted by Gasteiger charge is -1.99. The van der Waals surface area contributed by atoms with Crippen LogP contribution in [0.2, 0.25) is 0 Å². The molecule has 0 N–H and O–H groups in total. The first-order valence-electron chi connectivity index (χ1n) is 7.25. The van der Waals surface area contributed by atoms with Crippen molar-refractivity contribution in [2.24, 2.45) is 0 Å². The summed E-state index contributed by atoms with van der Waals surface area (Å²) in [6.45, 7) is 4.53. The quantitative estimate of drug-likeness (QED) is 0.228. The maximum Gasteiger partial charge on any atom is 0.330 e. The Morgan fingerprint density at radius 1 is 1.00 bits per heavy atom. The van der Waals surface area contributed by atoms with Crippen LogP contribution in [-0.4, -0.2) is 12.6 Å². The summed E-state index contributed by atoms with van der Waals surface area (Å²) in [5, 5.41) is 0. The van der Waals surface area contributed by atoms with Crippen molar-refractivity contribution in [1.82, 2.24) is 0 Å². The van der Waals surface area contributed by atoms with E-state index >= 15 is 0 Å². The third-order valence-electron chi connectivity index (χ3n) is 2.72. The summed E-state index contributed by atoms with van der Waals surface area (Å²) in [7, 11) is 0. The van der Waals surface area contributed by atoms with Gasteiger partial charge in [0.1, 0.15) is 0 Å². The molecule has 0 aliphatic rings. The van der Waals surface area contributed by atoms with Gasteiger partial charge >= 0.3 is 5.97 Å². The maximum absolute atomic E-state index is 11.0. The van der Waals surface area contributed by atoms with Crippen LogP contribution in [0, 0.1) is 0 Å². The van der Waals surface area contributed by atoms with Crippen molar-refractivity contribution in [1.29, 1.82) is 0 Å². The monoisotopic (exact) mass is 252 g/mol. The first-order chi connectivity index (χ1) is 8.81. The van der Waals surface area contributed by atoms with Gasteiger partial charge in [0.05, 0.1) is 6.61 Å². The number of esters is 1. The van der Waals surface area contributed by atoms with E-state index in [2.05, 4.69) is 19.1 Å². The zero-order valence-electron chi connectivity index (χ0n) is 12.0. The van der Waals surface area contributed by atoms with E-state index in [4.69, 9.17) is 4.74 Å². The van der Waals surface area contributed by atoms with Crippen molar-refractivity contribution in [3.05, 3.63) is 24.3 Å². The van der Waals surface area contributed by atoms with Crippen LogP contribution >= 0.6 is 0 Å². The Bertz CT molecular complexity index is 241. The van der Waals surface area contributed by atoms with E-state index in [9.17, 15) is 4.79 Å². The molecule has 0 amide bonds. The van der Waals surface area contributed by atoms with Crippen molar-refractivity contribution >= 4 is 5.97 Å². The van der Waals surface area contributed by atoms with Crippen LogP contribution in [-0.2, 0) is 9.53 Å². The summed E-state index contributed by atoms with van der Waals surface area (Å²) in [6, 6.07) is 0. The Balaban J connectivity index is 3.21. The lowest BCUT2D eigenvalue weighted by atomic mass is 10.1. The molecule has 0 aliphatic heterocycles. The SMILES string of the molecule is C/C=C\C(=O)OCC/C=C/CCCCCCCC. The zero-order valence-corrected chi connectivity index (χ0v) is 12.0. The highest BCUT2D eigenvalue weighted by molar-refractivity contribution is 5.81. The molecule has 0 aromatic carbocycles. The van der Waals surface area contributed by atoms with Crippen molar-refractivity contribution in [2.75, 3.05) is 6.61 Å². The molecule has 0 unspecified atom stereocenters. The normalized spacial score (nSPS) is 11.4. The van der Waals surface area contributed by atoms with Gasteiger partial charge in [-0.3, -0.25) is 0 Å². The number of carbonyl (C=O) groups excluding carboxylic acids is 1. The lowest BCUT2D eigenvalue weighted by Crippen LogP contribution is -2.00. The third kappa shape index (κ3) is 13.0. The topological polar surface area (TPSA) is 26.3 Å². The third-order valence-corrected chi connectivity index (χ3v) is 2.72. The average molecular weight is 252 g/mol. The molecule has 0 heterocycles. The predicted octanol–water partition coefficient (Wildman–Crippen LogP) is 4.80. The molecular formula is C16H28O2. The Kier molecular flexibility index (Phi) is 13.2. The molecule has 2 heteroatoms. The zero-order chi connectivity index (χ0) is 13.5. The minimum atomic E-state index is -0.248. The lowest BCUT2D eigenvalue weighted by molar-refractivity contribution is -0.137. The molecule has 0 fully saturated rings. The van der Waals surface area contributed by atoms with Crippen LogP contribution in [0.15, 0.2) is 24.3 Å². The molecule has 0 aromatic rings. The molecule has 0 spiro atoms. The number of ether oxygens (including phenoxy) is 1. The number of allylic oxidation sites excluding steroid dienone is 2. The second-order valence-corrected chi connectivity index (χ2v) is 4.48. The molecule has 0 atom stereocenters. The molecule has 0 radical (unpaired) electrons. The highest BCUT2D eigenvalue weighted by Gasteiger charge is 1.93. The van der Waals surface area contributed by atoms with Crippen LogP contribution in [0.1, 0.15) is 65.2 Å². The first kappa shape index (κ1) is 16.9. The van der Waals surface area contributed by atoms with Crippen molar-refractivity contribution < 1.29 is 9.53 Å². The van der Waals surface area contributed by atoms with Gasteiger partial charge in [-0.05, 0) is 26.2 Å². The van der Waals surface area contributed by atoms with Crippen LogP contribution in [0.5, 0.6) is 0 Å². The molecule has 0 saturated heterocycles. The Morgan fingerprint density at radius 2 is 1.67 bits per heavy atom. The minimum absolute atomic E-state index is 0.248. The van der Waals surface area contributed by atoms with Crippen molar-refractivity contribution in [3.8, 4) is 0 Å². The Hall–Kier alpha value is -1.05. The number of hydrogen-bond acceptors (Lipinski definition) is 2. The van der Waals surface area contributed by atoms with Gasteiger partial charge in [0.25, 0.3) is 0 Å². The van der Waals surface area contributed by atoms with Crippen LogP contribution < -0.4 is 0 Å². The standard InChI is InChI=1S/C16H28O2/c1-3-5-6-7-8-9-10-11-12-13-15-18-16(17)14-4-2/h4,11-12,14H,3,5-10,13,15H2,1-2H3/b12-11+,14-4-. The summed E-state index contributed by atoms with van der Waals surface area (Å²) >= 11 is 0. The Morgan fingerprint density at radius 3 is 2.39 bits per heavy atom. The van der Waals surface area contributed by atoms with E-state index in [0.29, 0.717) is 6.61 Å². The summed E-state index contributed by atoms with van der Waals surface area (Å²) in [6.07, 6.45) is 17.4. The highest BCUT2D eigenvalue weighted by Crippen LogP contribution is 2.07. The number of hydrogen-bond donors (Lipinski definition) is 0. The molecule has 0 bridgehead atoms. The average Bonchev–Trinajstić information content (AvgIpc) is 2.36. The van der Waals surface area contributed by atoms with Gasteiger partial charge in [0.15, 0.2) is 0 Å². The largest absolute Gasteiger partial charge is 0.462 e. The second-order valence-electron chi connectivity index (χ2n) is 4.48. The van der Waals surface area contributed by atoms with E-state index in [-0.39, 0.29) is 5.97 Å². The van der Waals surface area contributed by atoms with Crippen molar-refractivity contribution in [3.63, 3.8) is 0 Å². The van der Waals surface area contributed by atoms with E-state index in [1.165, 1.54) is 44.6 Å². The number of unbranched alkanes of at least 4 members (excludes halogenated alkanes) is 6. The smallest absolute Gasteiger partial charge is 0.330 e. The van der Waals surface area contributed by atoms with Gasteiger partial charge in [0.2, 0.25) is 0 Å². The first-order valence-corrected chi connectivity index (χ1v) is 7.25. The van der Waals surface area contributed by atoms with Crippen molar-refractivity contribution in [2.45, 2.75) is 65.2 Å². The van der Waals surface area contributed by atoms with E-state index in [1.54, 1.807) is 6.08 Å². The summed E-state index contributed by atoms with van der Waals surface area (Å²) < 4.78 is 4.98. The van der Waals surface area contributed by atoms with Crippen LogP contribution in [0.4, 0.5) is 0 Å². The fourth-order valence-corrected chi connectivity index (χ4v) is 1.69. The van der Waals surface area contributed by atoms with Gasteiger partial charge in [-0.2, -0.15) is 0 Å². The molecule has 0 saturated carbocycles. The summed E-state index contributed by atoms with van der Waals surface area (Å²) in [5.41, 5.74) is 0. The molecule has 104 valence electrons. The molecule has 0 aromatic heterocycles. The molecule has 0 rings (SSSR count). The number of carbonyl (C=O) groups is 1. The van der Waals surface area contributed by atoms with E-state index < -0.39 is 0 Å². The molecule has 0 aliphatic carbocycles. The Labute approximate surface area is 112 Å². The van der Waals surface area contributed by atoms with Gasteiger partial charge in [-0.1, -0.05) is 57.3 Å². The molecule has 18 heavy (non-hydrogen) atoms. The second kappa shape index (κ2) is 14.0. The number of rotatable bonds is 11. The highest BCUT2D eigenvalue weighted by atomic mass is 16.5. The van der Waals surface area contributed by atoms with E-state index in [0.717, 1.165) is 12.8 Å². The van der Waals surface area contributed by atoms with Crippen LogP contribution in [0.25, 0.3) is 0 Å². The van der Waals surface area contributed by atoms with Gasteiger partial charge < -0.3 is 4.74 Å². The molecular weight excluding hydrogens is 224 g/mol. The van der Waals surface area contributed by atoms with Gasteiger partial charge in [-0.15, -0.1) is 0 Å². The maximum atomic E-state index is 11.0. The van der Waals surface area contributed by atoms with Gasteiger partial charge in [0, 0.05) is 6.08 Å². The predicted molar refractivity (Wildman–Crippen MR) is 77.5 cm³/mol. The minimum Gasteiger partial charge on any atom is -0.462 e. The van der Waals surface area contributed by atoms with Crippen LogP contribution in [0.3, 0.4) is 0 Å². The summed E-state index contributed by atoms with van der Waals surface area (Å²) in [5.74, 6) is -0.248. The molecule has 2 nitrogen and oxygen atoms in total. The van der Waals surface area contributed by atoms with Gasteiger partial charge in [-0.25, -0.2) is 4.79 Å². The van der Waals surface area contributed by atoms with E-state index in [1.807, 2.05) is 6.92 Å².